The summed E-state index contributed by atoms with van der Waals surface area (Å²) in [6.07, 6.45) is 0.736. The van der Waals surface area contributed by atoms with E-state index in [0.29, 0.717) is 6.42 Å². The molecule has 0 aromatic heterocycles. The SMILES string of the molecule is CCCC(C(=O)O)C(C(C)=O)C(=O)O. The quantitative estimate of drug-likeness (QED) is 0.621. The standard InChI is InChI=1S/C9H14O5/c1-3-4-6(8(11)12)7(5(2)10)9(13)14/h6-7H,3-4H2,1-2H3,(H,11,12)(H,13,14). The molecular weight excluding hydrogens is 188 g/mol. The minimum absolute atomic E-state index is 0.200. The minimum Gasteiger partial charge on any atom is -0.481 e. The van der Waals surface area contributed by atoms with Gasteiger partial charge in [0, 0.05) is 0 Å². The summed E-state index contributed by atoms with van der Waals surface area (Å²) in [6.45, 7) is 2.85. The van der Waals surface area contributed by atoms with E-state index in [2.05, 4.69) is 0 Å². The maximum atomic E-state index is 11.0. The van der Waals surface area contributed by atoms with Gasteiger partial charge in [-0.15, -0.1) is 0 Å². The van der Waals surface area contributed by atoms with E-state index in [0.717, 1.165) is 6.92 Å². The number of hydrogen-bond acceptors (Lipinski definition) is 3. The predicted octanol–water partition coefficient (Wildman–Crippen LogP) is 0.777. The van der Waals surface area contributed by atoms with Gasteiger partial charge in [0.15, 0.2) is 0 Å². The van der Waals surface area contributed by atoms with Crippen molar-refractivity contribution < 1.29 is 24.6 Å². The number of carboxylic acid groups (broad SMARTS) is 2. The van der Waals surface area contributed by atoms with E-state index in [1.165, 1.54) is 0 Å². The molecule has 5 nitrogen and oxygen atoms in total. The molecule has 0 aromatic carbocycles. The number of ketones is 1. The smallest absolute Gasteiger partial charge is 0.314 e. The van der Waals surface area contributed by atoms with E-state index in [9.17, 15) is 14.4 Å². The van der Waals surface area contributed by atoms with Crippen molar-refractivity contribution in [2.45, 2.75) is 26.7 Å². The number of rotatable bonds is 6. The third-order valence-electron chi connectivity index (χ3n) is 2.02. The Labute approximate surface area is 81.7 Å². The van der Waals surface area contributed by atoms with Crippen LogP contribution >= 0.6 is 0 Å². The Hall–Kier alpha value is -1.39. The molecule has 0 aromatic rings. The molecular formula is C9H14O5. The first-order valence-electron chi connectivity index (χ1n) is 4.37. The molecule has 2 unspecified atom stereocenters. The van der Waals surface area contributed by atoms with Gasteiger partial charge in [0.1, 0.15) is 11.7 Å². The number of carboxylic acids is 2. The molecule has 2 N–H and O–H groups in total. The molecule has 0 radical (unpaired) electrons. The van der Waals surface area contributed by atoms with E-state index >= 15 is 0 Å². The molecule has 5 heteroatoms. The van der Waals surface area contributed by atoms with Crippen molar-refractivity contribution in [3.05, 3.63) is 0 Å². The van der Waals surface area contributed by atoms with Crippen LogP contribution in [0.2, 0.25) is 0 Å². The van der Waals surface area contributed by atoms with Crippen molar-refractivity contribution in [1.82, 2.24) is 0 Å². The molecule has 0 aliphatic rings. The second-order valence-corrected chi connectivity index (χ2v) is 3.16. The van der Waals surface area contributed by atoms with Crippen LogP contribution in [-0.2, 0) is 14.4 Å². The summed E-state index contributed by atoms with van der Waals surface area (Å²) in [5, 5.41) is 17.5. The van der Waals surface area contributed by atoms with Gasteiger partial charge >= 0.3 is 11.9 Å². The summed E-state index contributed by atoms with van der Waals surface area (Å²) in [5.74, 6) is -5.74. The molecule has 0 fully saturated rings. The monoisotopic (exact) mass is 202 g/mol. The molecule has 14 heavy (non-hydrogen) atoms. The van der Waals surface area contributed by atoms with Crippen LogP contribution < -0.4 is 0 Å². The van der Waals surface area contributed by atoms with Gasteiger partial charge < -0.3 is 10.2 Å². The van der Waals surface area contributed by atoms with E-state index in [4.69, 9.17) is 10.2 Å². The van der Waals surface area contributed by atoms with Crippen LogP contribution in [0.5, 0.6) is 0 Å². The maximum Gasteiger partial charge on any atom is 0.314 e. The molecule has 0 saturated carbocycles. The van der Waals surface area contributed by atoms with E-state index < -0.39 is 29.6 Å². The molecule has 0 spiro atoms. The van der Waals surface area contributed by atoms with Crippen LogP contribution in [-0.4, -0.2) is 27.9 Å². The lowest BCUT2D eigenvalue weighted by Gasteiger charge is -2.16. The van der Waals surface area contributed by atoms with Crippen LogP contribution in [0.4, 0.5) is 0 Å². The number of carbonyl (C=O) groups is 3. The number of Topliss-reactive ketones (excluding diaryl/α,β-unsaturated/α-hetero) is 1. The third kappa shape index (κ3) is 3.16. The fourth-order valence-corrected chi connectivity index (χ4v) is 1.37. The largest absolute Gasteiger partial charge is 0.481 e. The highest BCUT2D eigenvalue weighted by atomic mass is 16.4. The Kier molecular flexibility index (Phi) is 4.83. The van der Waals surface area contributed by atoms with Crippen molar-refractivity contribution in [1.29, 1.82) is 0 Å². The van der Waals surface area contributed by atoms with Crippen LogP contribution in [0.15, 0.2) is 0 Å². The highest BCUT2D eigenvalue weighted by Crippen LogP contribution is 2.19. The zero-order chi connectivity index (χ0) is 11.3. The van der Waals surface area contributed by atoms with Crippen molar-refractivity contribution in [3.8, 4) is 0 Å². The van der Waals surface area contributed by atoms with Gasteiger partial charge in [-0.3, -0.25) is 14.4 Å². The Bertz CT molecular complexity index is 232. The van der Waals surface area contributed by atoms with Crippen molar-refractivity contribution in [3.63, 3.8) is 0 Å². The van der Waals surface area contributed by atoms with Crippen LogP contribution in [0, 0.1) is 11.8 Å². The Morgan fingerprint density at radius 3 is 1.86 bits per heavy atom. The molecule has 0 heterocycles. The lowest BCUT2D eigenvalue weighted by Crippen LogP contribution is -2.34. The Balaban J connectivity index is 4.82. The van der Waals surface area contributed by atoms with E-state index in [1.54, 1.807) is 6.92 Å². The van der Waals surface area contributed by atoms with Crippen molar-refractivity contribution >= 4 is 17.7 Å². The minimum atomic E-state index is -1.42. The molecule has 80 valence electrons. The summed E-state index contributed by atoms with van der Waals surface area (Å²) >= 11 is 0. The van der Waals surface area contributed by atoms with Crippen LogP contribution in [0.3, 0.4) is 0 Å². The van der Waals surface area contributed by atoms with Crippen molar-refractivity contribution in [2.75, 3.05) is 0 Å². The Morgan fingerprint density at radius 2 is 1.64 bits per heavy atom. The summed E-state index contributed by atoms with van der Waals surface area (Å²) in [6, 6.07) is 0. The average Bonchev–Trinajstić information content (AvgIpc) is 2.01. The van der Waals surface area contributed by atoms with Gasteiger partial charge in [-0.05, 0) is 13.3 Å². The Morgan fingerprint density at radius 1 is 1.14 bits per heavy atom. The normalized spacial score (nSPS) is 14.4. The second-order valence-electron chi connectivity index (χ2n) is 3.16. The van der Waals surface area contributed by atoms with E-state index in [1.807, 2.05) is 0 Å². The average molecular weight is 202 g/mol. The zero-order valence-corrected chi connectivity index (χ0v) is 8.19. The lowest BCUT2D eigenvalue weighted by atomic mass is 9.86. The second kappa shape index (κ2) is 5.36. The van der Waals surface area contributed by atoms with Gasteiger partial charge in [0.2, 0.25) is 0 Å². The fourth-order valence-electron chi connectivity index (χ4n) is 1.37. The highest BCUT2D eigenvalue weighted by molar-refractivity contribution is 6.00. The summed E-state index contributed by atoms with van der Waals surface area (Å²) in [5.41, 5.74) is 0. The third-order valence-corrected chi connectivity index (χ3v) is 2.02. The fraction of sp³-hybridized carbons (Fsp3) is 0.667. The van der Waals surface area contributed by atoms with Crippen molar-refractivity contribution in [2.24, 2.45) is 11.8 Å². The molecule has 2 atom stereocenters. The highest BCUT2D eigenvalue weighted by Gasteiger charge is 2.36. The molecule has 0 saturated heterocycles. The zero-order valence-electron chi connectivity index (χ0n) is 8.19. The van der Waals surface area contributed by atoms with Gasteiger partial charge in [0.05, 0.1) is 5.92 Å². The van der Waals surface area contributed by atoms with Gasteiger partial charge in [0.25, 0.3) is 0 Å². The van der Waals surface area contributed by atoms with E-state index in [-0.39, 0.29) is 6.42 Å². The first kappa shape index (κ1) is 12.6. The number of hydrogen-bond donors (Lipinski definition) is 2. The van der Waals surface area contributed by atoms with Gasteiger partial charge in [-0.25, -0.2) is 0 Å². The molecule has 0 aliphatic heterocycles. The molecule has 0 amide bonds. The number of carbonyl (C=O) groups excluding carboxylic acids is 1. The summed E-state index contributed by atoms with van der Waals surface area (Å²) in [7, 11) is 0. The lowest BCUT2D eigenvalue weighted by molar-refractivity contribution is -0.157. The molecule has 0 rings (SSSR count). The summed E-state index contributed by atoms with van der Waals surface area (Å²) in [4.78, 5) is 32.4. The maximum absolute atomic E-state index is 11.0. The van der Waals surface area contributed by atoms with Gasteiger partial charge in [-0.2, -0.15) is 0 Å². The first-order chi connectivity index (χ1) is 6.41. The molecule has 0 aliphatic carbocycles. The predicted molar refractivity (Wildman–Crippen MR) is 47.8 cm³/mol. The first-order valence-corrected chi connectivity index (χ1v) is 4.37. The topological polar surface area (TPSA) is 91.7 Å². The van der Waals surface area contributed by atoms with Crippen LogP contribution in [0.1, 0.15) is 26.7 Å². The number of aliphatic carboxylic acids is 2. The summed E-state index contributed by atoms with van der Waals surface area (Å²) < 4.78 is 0. The van der Waals surface area contributed by atoms with Crippen LogP contribution in [0.25, 0.3) is 0 Å². The molecule has 0 bridgehead atoms. The van der Waals surface area contributed by atoms with Gasteiger partial charge in [-0.1, -0.05) is 13.3 Å².